The van der Waals surface area contributed by atoms with Gasteiger partial charge in [0, 0.05) is 34.0 Å². The first kappa shape index (κ1) is 20.0. The number of nitriles is 1. The number of fused-ring (bicyclic) bond motifs is 1. The first-order valence-corrected chi connectivity index (χ1v) is 11.3. The van der Waals surface area contributed by atoms with E-state index in [1.54, 1.807) is 24.3 Å². The lowest BCUT2D eigenvalue weighted by Crippen LogP contribution is -2.10. The predicted octanol–water partition coefficient (Wildman–Crippen LogP) is 5.62. The van der Waals surface area contributed by atoms with Gasteiger partial charge >= 0.3 is 0 Å². The molecule has 0 aliphatic carbocycles. The van der Waals surface area contributed by atoms with Gasteiger partial charge in [0.1, 0.15) is 12.0 Å². The van der Waals surface area contributed by atoms with Crippen LogP contribution in [0.25, 0.3) is 22.3 Å². The Morgan fingerprint density at radius 3 is 2.84 bits per heavy atom. The Morgan fingerprint density at radius 2 is 1.97 bits per heavy atom. The zero-order chi connectivity index (χ0) is 21.8. The third-order valence-corrected chi connectivity index (χ3v) is 6.39. The summed E-state index contributed by atoms with van der Waals surface area (Å²) in [5, 5.41) is 15.0. The molecule has 0 amide bonds. The maximum atomic E-state index is 9.50. The average molecular weight is 437 g/mol. The standard InChI is InChI=1S/C25H20N6S/c26-11-9-23(19-7-4-8-21(13-19)32-16-18-5-2-1-3-6-18)31-15-20(14-30-31)24-22-10-12-27-25(22)29-17-28-24/h1-8,10,12-15,17,23H,9,16H2,(H,27,28,29). The first-order chi connectivity index (χ1) is 15.8. The van der Waals surface area contributed by atoms with Gasteiger partial charge in [-0.15, -0.1) is 11.8 Å². The van der Waals surface area contributed by atoms with E-state index >= 15 is 0 Å². The summed E-state index contributed by atoms with van der Waals surface area (Å²) in [6.45, 7) is 0. The van der Waals surface area contributed by atoms with Crippen LogP contribution in [0.1, 0.15) is 23.6 Å². The number of H-pyrrole nitrogens is 1. The second kappa shape index (κ2) is 9.08. The molecule has 7 heteroatoms. The lowest BCUT2D eigenvalue weighted by atomic mass is 10.0. The van der Waals surface area contributed by atoms with Crippen molar-refractivity contribution in [3.8, 4) is 17.3 Å². The highest BCUT2D eigenvalue weighted by Gasteiger charge is 2.17. The molecule has 0 radical (unpaired) electrons. The van der Waals surface area contributed by atoms with E-state index in [0.29, 0.717) is 6.42 Å². The second-order valence-corrected chi connectivity index (χ2v) is 8.44. The van der Waals surface area contributed by atoms with Crippen molar-refractivity contribution in [1.29, 1.82) is 5.26 Å². The predicted molar refractivity (Wildman–Crippen MR) is 126 cm³/mol. The Kier molecular flexibility index (Phi) is 5.69. The van der Waals surface area contributed by atoms with Crippen LogP contribution in [0.15, 0.2) is 90.5 Å². The second-order valence-electron chi connectivity index (χ2n) is 7.40. The minimum atomic E-state index is -0.172. The monoisotopic (exact) mass is 436 g/mol. The molecule has 3 heterocycles. The topological polar surface area (TPSA) is 83.2 Å². The Morgan fingerprint density at radius 1 is 1.06 bits per heavy atom. The number of benzene rings is 2. The maximum absolute atomic E-state index is 9.50. The summed E-state index contributed by atoms with van der Waals surface area (Å²) in [4.78, 5) is 13.0. The zero-order valence-electron chi connectivity index (χ0n) is 17.2. The van der Waals surface area contributed by atoms with E-state index in [4.69, 9.17) is 0 Å². The Hall–Kier alpha value is -3.89. The molecule has 1 N–H and O–H groups in total. The first-order valence-electron chi connectivity index (χ1n) is 10.3. The van der Waals surface area contributed by atoms with E-state index < -0.39 is 0 Å². The third-order valence-electron chi connectivity index (χ3n) is 5.32. The van der Waals surface area contributed by atoms with Crippen molar-refractivity contribution in [3.05, 3.63) is 96.7 Å². The summed E-state index contributed by atoms with van der Waals surface area (Å²) in [7, 11) is 0. The quantitative estimate of drug-likeness (QED) is 0.335. The van der Waals surface area contributed by atoms with Gasteiger partial charge in [-0.05, 0) is 29.3 Å². The number of aromatic nitrogens is 5. The maximum Gasteiger partial charge on any atom is 0.141 e. The fraction of sp³-hybridized carbons (Fsp3) is 0.120. The molecule has 6 nitrogen and oxygen atoms in total. The lowest BCUT2D eigenvalue weighted by Gasteiger charge is -2.16. The molecule has 2 aromatic carbocycles. The molecule has 0 saturated heterocycles. The van der Waals surface area contributed by atoms with Crippen molar-refractivity contribution < 1.29 is 0 Å². The fourth-order valence-electron chi connectivity index (χ4n) is 3.74. The smallest absolute Gasteiger partial charge is 0.141 e. The Bertz CT molecular complexity index is 1380. The van der Waals surface area contributed by atoms with Crippen LogP contribution in [0, 0.1) is 11.3 Å². The van der Waals surface area contributed by atoms with Crippen LogP contribution >= 0.6 is 11.8 Å². The molecule has 0 spiro atoms. The summed E-state index contributed by atoms with van der Waals surface area (Å²) < 4.78 is 1.86. The van der Waals surface area contributed by atoms with Crippen molar-refractivity contribution in [1.82, 2.24) is 24.7 Å². The SMILES string of the molecule is N#CCC(c1cccc(SCc2ccccc2)c1)n1cc(-c2ncnc3[nH]ccc23)cn1. The normalized spacial score (nSPS) is 12.0. The van der Waals surface area contributed by atoms with Crippen LogP contribution in [0.2, 0.25) is 0 Å². The van der Waals surface area contributed by atoms with Gasteiger partial charge in [-0.25, -0.2) is 9.97 Å². The number of nitrogens with zero attached hydrogens (tertiary/aromatic N) is 5. The fourth-order valence-corrected chi connectivity index (χ4v) is 4.66. The number of aromatic amines is 1. The van der Waals surface area contributed by atoms with Gasteiger partial charge in [0.2, 0.25) is 0 Å². The van der Waals surface area contributed by atoms with E-state index in [1.165, 1.54) is 10.5 Å². The number of nitrogens with one attached hydrogen (secondary N) is 1. The molecule has 32 heavy (non-hydrogen) atoms. The zero-order valence-corrected chi connectivity index (χ0v) is 18.0. The molecule has 5 rings (SSSR count). The Labute approximate surface area is 190 Å². The molecular formula is C25H20N6S. The van der Waals surface area contributed by atoms with Crippen LogP contribution in [0.4, 0.5) is 0 Å². The van der Waals surface area contributed by atoms with Gasteiger partial charge in [-0.3, -0.25) is 4.68 Å². The minimum Gasteiger partial charge on any atom is -0.346 e. The molecule has 0 bridgehead atoms. The number of thioether (sulfide) groups is 1. The highest BCUT2D eigenvalue weighted by molar-refractivity contribution is 7.98. The van der Waals surface area contributed by atoms with Crippen LogP contribution in [-0.2, 0) is 5.75 Å². The number of hydrogen-bond acceptors (Lipinski definition) is 5. The van der Waals surface area contributed by atoms with E-state index in [9.17, 15) is 5.26 Å². The average Bonchev–Trinajstić information content (AvgIpc) is 3.52. The molecule has 1 atom stereocenters. The van der Waals surface area contributed by atoms with Gasteiger partial charge in [-0.2, -0.15) is 10.4 Å². The van der Waals surface area contributed by atoms with Gasteiger partial charge in [0.15, 0.2) is 0 Å². The van der Waals surface area contributed by atoms with Gasteiger partial charge in [-0.1, -0.05) is 42.5 Å². The summed E-state index contributed by atoms with van der Waals surface area (Å²) in [6.07, 6.45) is 7.49. The molecule has 3 aromatic heterocycles. The van der Waals surface area contributed by atoms with Crippen molar-refractivity contribution in [2.45, 2.75) is 23.1 Å². The molecule has 5 aromatic rings. The van der Waals surface area contributed by atoms with Gasteiger partial charge in [0.05, 0.1) is 30.4 Å². The molecule has 1 unspecified atom stereocenters. The molecule has 0 fully saturated rings. The molecular weight excluding hydrogens is 416 g/mol. The van der Waals surface area contributed by atoms with Gasteiger partial charge in [0.25, 0.3) is 0 Å². The van der Waals surface area contributed by atoms with Crippen molar-refractivity contribution >= 4 is 22.8 Å². The highest BCUT2D eigenvalue weighted by Crippen LogP contribution is 2.30. The van der Waals surface area contributed by atoms with Gasteiger partial charge < -0.3 is 4.98 Å². The van der Waals surface area contributed by atoms with E-state index in [-0.39, 0.29) is 6.04 Å². The number of rotatable bonds is 7. The third kappa shape index (κ3) is 4.13. The van der Waals surface area contributed by atoms with E-state index in [0.717, 1.165) is 33.6 Å². The van der Waals surface area contributed by atoms with Crippen molar-refractivity contribution in [3.63, 3.8) is 0 Å². The lowest BCUT2D eigenvalue weighted by molar-refractivity contribution is 0.531. The summed E-state index contributed by atoms with van der Waals surface area (Å²) >= 11 is 1.79. The summed E-state index contributed by atoms with van der Waals surface area (Å²) in [6, 6.07) is 22.9. The molecule has 0 aliphatic heterocycles. The molecule has 0 saturated carbocycles. The van der Waals surface area contributed by atoms with Crippen LogP contribution in [0.5, 0.6) is 0 Å². The van der Waals surface area contributed by atoms with Crippen LogP contribution in [0.3, 0.4) is 0 Å². The molecule has 156 valence electrons. The highest BCUT2D eigenvalue weighted by atomic mass is 32.2. The minimum absolute atomic E-state index is 0.172. The van der Waals surface area contributed by atoms with Crippen molar-refractivity contribution in [2.24, 2.45) is 0 Å². The number of hydrogen-bond donors (Lipinski definition) is 1. The van der Waals surface area contributed by atoms with Crippen LogP contribution in [-0.4, -0.2) is 24.7 Å². The van der Waals surface area contributed by atoms with E-state index in [1.807, 2.05) is 35.3 Å². The summed E-state index contributed by atoms with van der Waals surface area (Å²) in [5.41, 5.74) is 4.86. The summed E-state index contributed by atoms with van der Waals surface area (Å²) in [5.74, 6) is 0.902. The molecule has 0 aliphatic rings. The van der Waals surface area contributed by atoms with E-state index in [2.05, 4.69) is 68.6 Å². The Balaban J connectivity index is 1.42. The largest absolute Gasteiger partial charge is 0.346 e. The van der Waals surface area contributed by atoms with Crippen molar-refractivity contribution in [2.75, 3.05) is 0 Å². The van der Waals surface area contributed by atoms with Crippen LogP contribution < -0.4 is 0 Å².